The van der Waals surface area contributed by atoms with Crippen LogP contribution in [0.5, 0.6) is 0 Å². The third-order valence-corrected chi connectivity index (χ3v) is 2.26. The van der Waals surface area contributed by atoms with Gasteiger partial charge in [0.2, 0.25) is 0 Å². The molecule has 0 heterocycles. The Labute approximate surface area is 95.3 Å². The lowest BCUT2D eigenvalue weighted by Gasteiger charge is -2.27. The van der Waals surface area contributed by atoms with Crippen LogP contribution in [0.3, 0.4) is 0 Å². The average Bonchev–Trinajstić information content (AvgIpc) is 2.31. The summed E-state index contributed by atoms with van der Waals surface area (Å²) in [4.78, 5) is 22.2. The van der Waals surface area contributed by atoms with Crippen LogP contribution in [0, 0.1) is 0 Å². The van der Waals surface area contributed by atoms with Gasteiger partial charge in [0.1, 0.15) is 14.1 Å². The van der Waals surface area contributed by atoms with E-state index >= 15 is 0 Å². The van der Waals surface area contributed by atoms with Crippen molar-refractivity contribution < 1.29 is 19.1 Å². The van der Waals surface area contributed by atoms with Crippen LogP contribution in [0.4, 0.5) is 10.5 Å². The largest absolute Gasteiger partial charge is 0.479 e. The zero-order valence-electron chi connectivity index (χ0n) is 10.0. The molecule has 0 aromatic heterocycles. The van der Waals surface area contributed by atoms with Crippen LogP contribution in [0.1, 0.15) is 0 Å². The second-order valence-corrected chi connectivity index (χ2v) is 3.63. The fourth-order valence-corrected chi connectivity index (χ4v) is 1.15. The van der Waals surface area contributed by atoms with Crippen LogP contribution < -0.4 is 5.06 Å². The average molecular weight is 225 g/mol. The summed E-state index contributed by atoms with van der Waals surface area (Å²) >= 11 is 0. The van der Waals surface area contributed by atoms with Gasteiger partial charge in [0.05, 0.1) is 19.9 Å². The summed E-state index contributed by atoms with van der Waals surface area (Å²) in [5.41, 5.74) is 0.665. The first-order valence-corrected chi connectivity index (χ1v) is 4.86. The van der Waals surface area contributed by atoms with Gasteiger partial charge >= 0.3 is 6.03 Å². The summed E-state index contributed by atoms with van der Waals surface area (Å²) in [6.45, 7) is 0. The fraction of sp³-hybridized carbons (Fsp3) is 0.364. The third-order valence-electron chi connectivity index (χ3n) is 2.26. The van der Waals surface area contributed by atoms with Gasteiger partial charge in [-0.25, -0.2) is 4.79 Å². The van der Waals surface area contributed by atoms with Crippen molar-refractivity contribution in [3.05, 3.63) is 30.3 Å². The Bertz CT molecular complexity index is 352. The lowest BCUT2D eigenvalue weighted by molar-refractivity contribution is -1.01. The number of hydrogen-bond donors (Lipinski definition) is 0. The minimum absolute atomic E-state index is 0.247. The molecule has 0 atom stereocenters. The molecule has 0 aliphatic heterocycles. The van der Waals surface area contributed by atoms with E-state index in [1.807, 2.05) is 18.2 Å². The van der Waals surface area contributed by atoms with E-state index in [9.17, 15) is 4.79 Å². The van der Waals surface area contributed by atoms with Crippen molar-refractivity contribution >= 4 is 11.7 Å². The number of hydroxylamine groups is 4. The molecular weight excluding hydrogens is 208 g/mol. The van der Waals surface area contributed by atoms with Gasteiger partial charge in [0.15, 0.2) is 0 Å². The summed E-state index contributed by atoms with van der Waals surface area (Å²) in [7, 11) is 6.19. The van der Waals surface area contributed by atoms with E-state index in [0.29, 0.717) is 5.69 Å². The van der Waals surface area contributed by atoms with Crippen molar-refractivity contribution in [2.45, 2.75) is 0 Å². The van der Waals surface area contributed by atoms with E-state index in [1.165, 1.54) is 19.3 Å². The maximum atomic E-state index is 12.1. The van der Waals surface area contributed by atoms with Crippen LogP contribution >= 0.6 is 0 Å². The van der Waals surface area contributed by atoms with E-state index in [1.54, 1.807) is 26.2 Å². The second kappa shape index (κ2) is 5.07. The first-order valence-electron chi connectivity index (χ1n) is 4.86. The Hall–Kier alpha value is -1.43. The van der Waals surface area contributed by atoms with E-state index in [4.69, 9.17) is 9.68 Å². The smallest absolute Gasteiger partial charge is 0.265 e. The van der Waals surface area contributed by atoms with Crippen LogP contribution in [0.2, 0.25) is 0 Å². The predicted octanol–water partition coefficient (Wildman–Crippen LogP) is 1.81. The molecule has 0 aliphatic rings. The number of amides is 2. The van der Waals surface area contributed by atoms with Gasteiger partial charge in [-0.1, -0.05) is 18.2 Å². The minimum Gasteiger partial charge on any atom is -0.265 e. The number of quaternary nitrogens is 1. The maximum Gasteiger partial charge on any atom is 0.479 e. The SMILES string of the molecule is CON(C(=O)[N+](C)(C)OC)c1ccccc1. The van der Waals surface area contributed by atoms with Crippen LogP contribution in [-0.2, 0) is 9.68 Å². The molecule has 2 amide bonds. The van der Waals surface area contributed by atoms with Crippen LogP contribution in [0.25, 0.3) is 0 Å². The van der Waals surface area contributed by atoms with Gasteiger partial charge in [-0.05, 0) is 12.1 Å². The molecule has 1 aromatic rings. The molecule has 5 heteroatoms. The van der Waals surface area contributed by atoms with Crippen molar-refractivity contribution in [3.8, 4) is 0 Å². The highest BCUT2D eigenvalue weighted by atomic mass is 16.7. The number of anilines is 1. The van der Waals surface area contributed by atoms with Crippen molar-refractivity contribution in [2.75, 3.05) is 33.4 Å². The number of urea groups is 1. The summed E-state index contributed by atoms with van der Waals surface area (Å²) in [5, 5.41) is 1.20. The molecule has 0 fully saturated rings. The highest BCUT2D eigenvalue weighted by Crippen LogP contribution is 2.17. The standard InChI is InChI=1S/C11H17N2O3/c1-13(2,16-4)11(14)12(15-3)10-8-6-5-7-9-10/h5-9H,1-4H3/q+1. The molecule has 0 spiro atoms. The quantitative estimate of drug-likeness (QED) is 0.581. The third kappa shape index (κ3) is 2.57. The Kier molecular flexibility index (Phi) is 4.00. The summed E-state index contributed by atoms with van der Waals surface area (Å²) in [6.07, 6.45) is 0. The molecule has 0 N–H and O–H groups in total. The van der Waals surface area contributed by atoms with E-state index < -0.39 is 0 Å². The van der Waals surface area contributed by atoms with E-state index in [0.717, 1.165) is 0 Å². The number of para-hydroxylation sites is 1. The predicted molar refractivity (Wildman–Crippen MR) is 60.4 cm³/mol. The highest BCUT2D eigenvalue weighted by molar-refractivity contribution is 5.84. The molecule has 0 saturated heterocycles. The number of nitrogens with zero attached hydrogens (tertiary/aromatic N) is 2. The van der Waals surface area contributed by atoms with Gasteiger partial charge in [0.25, 0.3) is 0 Å². The minimum atomic E-state index is -0.309. The monoisotopic (exact) mass is 225 g/mol. The number of carbonyl (C=O) groups is 1. The molecule has 0 bridgehead atoms. The number of benzene rings is 1. The van der Waals surface area contributed by atoms with Gasteiger partial charge in [0, 0.05) is 0 Å². The van der Waals surface area contributed by atoms with Crippen molar-refractivity contribution in [3.63, 3.8) is 0 Å². The molecule has 0 radical (unpaired) electrons. The van der Waals surface area contributed by atoms with Crippen LogP contribution in [0.15, 0.2) is 30.3 Å². The Balaban J connectivity index is 2.96. The summed E-state index contributed by atoms with van der Waals surface area (Å²) in [6, 6.07) is 8.81. The maximum absolute atomic E-state index is 12.1. The Morgan fingerprint density at radius 3 is 2.19 bits per heavy atom. The van der Waals surface area contributed by atoms with E-state index in [-0.39, 0.29) is 10.7 Å². The number of hydrogen-bond acceptors (Lipinski definition) is 3. The lowest BCUT2D eigenvalue weighted by atomic mass is 10.3. The molecule has 16 heavy (non-hydrogen) atoms. The van der Waals surface area contributed by atoms with Crippen LogP contribution in [-0.4, -0.2) is 39.0 Å². The summed E-state index contributed by atoms with van der Waals surface area (Å²) in [5.74, 6) is 0. The first-order chi connectivity index (χ1) is 7.53. The lowest BCUT2D eigenvalue weighted by Crippen LogP contribution is -2.52. The van der Waals surface area contributed by atoms with Gasteiger partial charge in [-0.15, -0.1) is 9.71 Å². The highest BCUT2D eigenvalue weighted by Gasteiger charge is 2.34. The molecule has 0 unspecified atom stereocenters. The van der Waals surface area contributed by atoms with Gasteiger partial charge in [-0.3, -0.25) is 4.84 Å². The topological polar surface area (TPSA) is 38.8 Å². The number of carbonyl (C=O) groups excluding carboxylic acids is 1. The molecular formula is C11H17N2O3+. The molecule has 88 valence electrons. The number of rotatable bonds is 3. The zero-order chi connectivity index (χ0) is 12.2. The first kappa shape index (κ1) is 12.6. The Morgan fingerprint density at radius 1 is 1.19 bits per heavy atom. The molecule has 1 rings (SSSR count). The Morgan fingerprint density at radius 2 is 1.75 bits per heavy atom. The second-order valence-electron chi connectivity index (χ2n) is 3.63. The van der Waals surface area contributed by atoms with Crippen molar-refractivity contribution in [2.24, 2.45) is 0 Å². The van der Waals surface area contributed by atoms with Gasteiger partial charge < -0.3 is 0 Å². The molecule has 0 aliphatic carbocycles. The van der Waals surface area contributed by atoms with Crippen molar-refractivity contribution in [1.29, 1.82) is 0 Å². The molecule has 1 aromatic carbocycles. The summed E-state index contributed by atoms with van der Waals surface area (Å²) < 4.78 is -0.247. The molecule has 0 saturated carbocycles. The molecule has 5 nitrogen and oxygen atoms in total. The van der Waals surface area contributed by atoms with Gasteiger partial charge in [-0.2, -0.15) is 4.84 Å². The van der Waals surface area contributed by atoms with Crippen molar-refractivity contribution in [1.82, 2.24) is 0 Å². The zero-order valence-corrected chi connectivity index (χ0v) is 10.0. The van der Waals surface area contributed by atoms with E-state index in [2.05, 4.69) is 0 Å². The normalized spacial score (nSPS) is 11.2. The fourth-order valence-electron chi connectivity index (χ4n) is 1.15.